The summed E-state index contributed by atoms with van der Waals surface area (Å²) >= 11 is 0. The molecule has 0 saturated carbocycles. The van der Waals surface area contributed by atoms with E-state index in [9.17, 15) is 4.79 Å². The zero-order valence-corrected chi connectivity index (χ0v) is 12.1. The van der Waals surface area contributed by atoms with Gasteiger partial charge in [-0.05, 0) is 31.6 Å². The van der Waals surface area contributed by atoms with Crippen LogP contribution < -0.4 is 0 Å². The van der Waals surface area contributed by atoms with E-state index < -0.39 is 0 Å². The molecule has 0 radical (unpaired) electrons. The van der Waals surface area contributed by atoms with Crippen LogP contribution in [0.1, 0.15) is 48.0 Å². The minimum atomic E-state index is 0.0378. The van der Waals surface area contributed by atoms with Crippen LogP contribution in [-0.2, 0) is 4.79 Å². The van der Waals surface area contributed by atoms with Gasteiger partial charge < -0.3 is 0 Å². The Morgan fingerprint density at radius 3 is 2.65 bits per heavy atom. The molecule has 1 nitrogen and oxygen atoms in total. The molecular weight excluding hydrogens is 208 g/mol. The molecule has 17 heavy (non-hydrogen) atoms. The SMILES string of the molecule is CC(=O)[C@H](C)/C=C/[C@@H]1C(C)=CC[C@H](C)C1(C)C. The number of carbonyl (C=O) groups excluding carboxylic acids is 1. The van der Waals surface area contributed by atoms with Crippen molar-refractivity contribution in [3.63, 3.8) is 0 Å². The number of allylic oxidation sites excluding steroid dienone is 4. The van der Waals surface area contributed by atoms with Crippen molar-refractivity contribution in [3.8, 4) is 0 Å². The van der Waals surface area contributed by atoms with Crippen LogP contribution in [0, 0.1) is 23.2 Å². The molecule has 0 amide bonds. The molecule has 1 aliphatic carbocycles. The number of Topliss-reactive ketones (excluding diaryl/α,β-unsaturated/α-hetero) is 1. The molecule has 0 N–H and O–H groups in total. The first-order valence-corrected chi connectivity index (χ1v) is 6.62. The number of hydrogen-bond acceptors (Lipinski definition) is 1. The van der Waals surface area contributed by atoms with E-state index in [0.29, 0.717) is 11.8 Å². The number of carbonyl (C=O) groups is 1. The highest BCUT2D eigenvalue weighted by molar-refractivity contribution is 5.79. The highest BCUT2D eigenvalue weighted by atomic mass is 16.1. The van der Waals surface area contributed by atoms with E-state index in [1.807, 2.05) is 6.92 Å². The standard InChI is InChI=1S/C16H26O/c1-11(14(4)17)8-10-15-12(2)7-9-13(3)16(15,5)6/h7-8,10-11,13,15H,9H2,1-6H3/b10-8+/t11-,13+,15-/m1/s1. The fourth-order valence-electron chi connectivity index (χ4n) is 2.50. The third-order valence-corrected chi connectivity index (χ3v) is 4.59. The third-order valence-electron chi connectivity index (χ3n) is 4.59. The van der Waals surface area contributed by atoms with Crippen LogP contribution in [0.5, 0.6) is 0 Å². The molecule has 0 heterocycles. The zero-order chi connectivity index (χ0) is 13.2. The van der Waals surface area contributed by atoms with Crippen molar-refractivity contribution < 1.29 is 4.79 Å². The molecular formula is C16H26O. The molecule has 0 fully saturated rings. The monoisotopic (exact) mass is 234 g/mol. The van der Waals surface area contributed by atoms with Crippen molar-refractivity contribution in [3.05, 3.63) is 23.8 Å². The highest BCUT2D eigenvalue weighted by Gasteiger charge is 2.36. The van der Waals surface area contributed by atoms with Gasteiger partial charge >= 0.3 is 0 Å². The van der Waals surface area contributed by atoms with Gasteiger partial charge in [-0.1, -0.05) is 51.5 Å². The molecule has 0 bridgehead atoms. The molecule has 0 spiro atoms. The molecule has 0 unspecified atom stereocenters. The summed E-state index contributed by atoms with van der Waals surface area (Å²) in [5.74, 6) is 1.43. The van der Waals surface area contributed by atoms with Crippen molar-refractivity contribution in [2.75, 3.05) is 0 Å². The van der Waals surface area contributed by atoms with Crippen LogP contribution in [0.25, 0.3) is 0 Å². The Hall–Kier alpha value is -0.850. The summed E-state index contributed by atoms with van der Waals surface area (Å²) in [5, 5.41) is 0. The average molecular weight is 234 g/mol. The van der Waals surface area contributed by atoms with Crippen molar-refractivity contribution in [1.29, 1.82) is 0 Å². The van der Waals surface area contributed by atoms with Crippen molar-refractivity contribution in [2.45, 2.75) is 48.0 Å². The fourth-order valence-corrected chi connectivity index (χ4v) is 2.50. The molecule has 0 aromatic heterocycles. The average Bonchev–Trinajstić information content (AvgIpc) is 2.23. The Balaban J connectivity index is 2.91. The van der Waals surface area contributed by atoms with Gasteiger partial charge in [-0.25, -0.2) is 0 Å². The second kappa shape index (κ2) is 5.20. The largest absolute Gasteiger partial charge is 0.299 e. The minimum absolute atomic E-state index is 0.0378. The van der Waals surface area contributed by atoms with E-state index >= 15 is 0 Å². The van der Waals surface area contributed by atoms with Gasteiger partial charge in [0.25, 0.3) is 0 Å². The van der Waals surface area contributed by atoms with Gasteiger partial charge in [-0.2, -0.15) is 0 Å². The van der Waals surface area contributed by atoms with Gasteiger partial charge in [0, 0.05) is 11.8 Å². The normalized spacial score (nSPS) is 30.1. The van der Waals surface area contributed by atoms with Crippen LogP contribution in [-0.4, -0.2) is 5.78 Å². The van der Waals surface area contributed by atoms with Crippen LogP contribution in [0.4, 0.5) is 0 Å². The number of ketones is 1. The summed E-state index contributed by atoms with van der Waals surface area (Å²) in [6.07, 6.45) is 7.84. The lowest BCUT2D eigenvalue weighted by atomic mass is 9.63. The summed E-state index contributed by atoms with van der Waals surface area (Å²) in [6, 6.07) is 0. The first-order chi connectivity index (χ1) is 7.76. The molecule has 1 aliphatic rings. The Morgan fingerprint density at radius 1 is 1.53 bits per heavy atom. The maximum absolute atomic E-state index is 11.3. The van der Waals surface area contributed by atoms with Crippen LogP contribution >= 0.6 is 0 Å². The predicted molar refractivity (Wildman–Crippen MR) is 73.8 cm³/mol. The second-order valence-electron chi connectivity index (χ2n) is 6.17. The van der Waals surface area contributed by atoms with E-state index in [1.165, 1.54) is 12.0 Å². The minimum Gasteiger partial charge on any atom is -0.299 e. The lowest BCUT2D eigenvalue weighted by Gasteiger charge is -2.42. The number of hydrogen-bond donors (Lipinski definition) is 0. The Morgan fingerprint density at radius 2 is 2.12 bits per heavy atom. The quantitative estimate of drug-likeness (QED) is 0.662. The maximum atomic E-state index is 11.3. The Bertz CT molecular complexity index is 347. The smallest absolute Gasteiger partial charge is 0.136 e. The van der Waals surface area contributed by atoms with E-state index in [0.717, 1.165) is 0 Å². The second-order valence-corrected chi connectivity index (χ2v) is 6.17. The van der Waals surface area contributed by atoms with Crippen molar-refractivity contribution in [2.24, 2.45) is 23.2 Å². The predicted octanol–water partition coefficient (Wildman–Crippen LogP) is 4.40. The summed E-state index contributed by atoms with van der Waals surface area (Å²) < 4.78 is 0. The van der Waals surface area contributed by atoms with Gasteiger partial charge in [0.15, 0.2) is 0 Å². The highest BCUT2D eigenvalue weighted by Crippen LogP contribution is 2.45. The Labute approximate surface area is 106 Å². The molecule has 0 aromatic carbocycles. The molecule has 0 aliphatic heterocycles. The molecule has 0 saturated heterocycles. The van der Waals surface area contributed by atoms with E-state index in [2.05, 4.69) is 45.9 Å². The first-order valence-electron chi connectivity index (χ1n) is 6.62. The lowest BCUT2D eigenvalue weighted by molar-refractivity contribution is -0.118. The first kappa shape index (κ1) is 14.2. The topological polar surface area (TPSA) is 17.1 Å². The lowest BCUT2D eigenvalue weighted by Crippen LogP contribution is -2.33. The number of rotatable bonds is 3. The van der Waals surface area contributed by atoms with Gasteiger partial charge in [-0.3, -0.25) is 4.79 Å². The van der Waals surface area contributed by atoms with E-state index in [-0.39, 0.29) is 17.1 Å². The van der Waals surface area contributed by atoms with E-state index in [4.69, 9.17) is 0 Å². The molecule has 0 aromatic rings. The van der Waals surface area contributed by atoms with Crippen LogP contribution in [0.15, 0.2) is 23.8 Å². The molecule has 3 atom stereocenters. The Kier molecular flexibility index (Phi) is 4.35. The van der Waals surface area contributed by atoms with Crippen molar-refractivity contribution >= 4 is 5.78 Å². The zero-order valence-electron chi connectivity index (χ0n) is 12.1. The summed E-state index contributed by atoms with van der Waals surface area (Å²) in [4.78, 5) is 11.3. The van der Waals surface area contributed by atoms with Gasteiger partial charge in [0.05, 0.1) is 0 Å². The maximum Gasteiger partial charge on any atom is 0.136 e. The van der Waals surface area contributed by atoms with Gasteiger partial charge in [0.1, 0.15) is 5.78 Å². The van der Waals surface area contributed by atoms with Gasteiger partial charge in [0.2, 0.25) is 0 Å². The van der Waals surface area contributed by atoms with E-state index in [1.54, 1.807) is 6.92 Å². The molecule has 1 rings (SSSR count). The summed E-state index contributed by atoms with van der Waals surface area (Å²) in [6.45, 7) is 12.8. The van der Waals surface area contributed by atoms with Crippen molar-refractivity contribution in [1.82, 2.24) is 0 Å². The van der Waals surface area contributed by atoms with Crippen LogP contribution in [0.2, 0.25) is 0 Å². The summed E-state index contributed by atoms with van der Waals surface area (Å²) in [7, 11) is 0. The third kappa shape index (κ3) is 3.08. The fraction of sp³-hybridized carbons (Fsp3) is 0.688. The molecule has 96 valence electrons. The van der Waals surface area contributed by atoms with Gasteiger partial charge in [-0.15, -0.1) is 0 Å². The molecule has 1 heteroatoms. The van der Waals surface area contributed by atoms with Crippen LogP contribution in [0.3, 0.4) is 0 Å². The summed E-state index contributed by atoms with van der Waals surface area (Å²) in [5.41, 5.74) is 1.73.